The van der Waals surface area contributed by atoms with E-state index in [0.29, 0.717) is 5.82 Å². The van der Waals surface area contributed by atoms with E-state index in [4.69, 9.17) is 10.5 Å². The first kappa shape index (κ1) is 14.2. The second-order valence-electron chi connectivity index (χ2n) is 4.73. The molecule has 0 amide bonds. The molecule has 0 saturated carbocycles. The number of hydrogen-bond donors (Lipinski definition) is 1. The SMILES string of the molecule is CC(C)Oc1ccc(C(C)n2ncc(I)c2N)cc1. The summed E-state index contributed by atoms with van der Waals surface area (Å²) in [4.78, 5) is 0. The lowest BCUT2D eigenvalue weighted by Gasteiger charge is -2.16. The lowest BCUT2D eigenvalue weighted by Crippen LogP contribution is -2.12. The maximum absolute atomic E-state index is 6.00. The summed E-state index contributed by atoms with van der Waals surface area (Å²) in [7, 11) is 0. The zero-order valence-corrected chi connectivity index (χ0v) is 13.5. The van der Waals surface area contributed by atoms with Crippen molar-refractivity contribution in [2.75, 3.05) is 5.73 Å². The Bertz CT molecular complexity index is 548. The molecule has 1 unspecified atom stereocenters. The van der Waals surface area contributed by atoms with Crippen molar-refractivity contribution in [3.8, 4) is 5.75 Å². The molecule has 2 aromatic rings. The van der Waals surface area contributed by atoms with Crippen LogP contribution in [0.3, 0.4) is 0 Å². The minimum absolute atomic E-state index is 0.108. The quantitative estimate of drug-likeness (QED) is 0.838. The predicted molar refractivity (Wildman–Crippen MR) is 85.4 cm³/mol. The molecule has 0 spiro atoms. The van der Waals surface area contributed by atoms with Crippen LogP contribution in [0.15, 0.2) is 30.5 Å². The van der Waals surface area contributed by atoms with Crippen LogP contribution in [0.1, 0.15) is 32.4 Å². The molecule has 1 aromatic heterocycles. The highest BCUT2D eigenvalue weighted by Gasteiger charge is 2.13. The molecule has 0 aliphatic carbocycles. The smallest absolute Gasteiger partial charge is 0.135 e. The van der Waals surface area contributed by atoms with E-state index < -0.39 is 0 Å². The van der Waals surface area contributed by atoms with E-state index in [-0.39, 0.29) is 12.1 Å². The van der Waals surface area contributed by atoms with Crippen molar-refractivity contribution >= 4 is 28.4 Å². The number of nitrogens with zero attached hydrogens (tertiary/aromatic N) is 2. The van der Waals surface area contributed by atoms with Crippen molar-refractivity contribution in [3.63, 3.8) is 0 Å². The zero-order valence-electron chi connectivity index (χ0n) is 11.3. The van der Waals surface area contributed by atoms with Crippen LogP contribution in [0.5, 0.6) is 5.75 Å². The monoisotopic (exact) mass is 371 g/mol. The highest BCUT2D eigenvalue weighted by molar-refractivity contribution is 14.1. The number of hydrogen-bond acceptors (Lipinski definition) is 3. The summed E-state index contributed by atoms with van der Waals surface area (Å²) in [6.45, 7) is 6.11. The first-order valence-corrected chi connectivity index (χ1v) is 7.32. The van der Waals surface area contributed by atoms with Gasteiger partial charge in [0.2, 0.25) is 0 Å². The lowest BCUT2D eigenvalue weighted by atomic mass is 10.1. The molecular formula is C14H18IN3O. The van der Waals surface area contributed by atoms with Crippen molar-refractivity contribution in [1.82, 2.24) is 9.78 Å². The van der Waals surface area contributed by atoms with Crippen LogP contribution in [0, 0.1) is 3.57 Å². The molecule has 19 heavy (non-hydrogen) atoms. The van der Waals surface area contributed by atoms with E-state index in [1.54, 1.807) is 6.20 Å². The molecule has 4 nitrogen and oxygen atoms in total. The molecule has 0 aliphatic rings. The summed E-state index contributed by atoms with van der Waals surface area (Å²) in [6, 6.07) is 8.18. The van der Waals surface area contributed by atoms with Crippen LogP contribution in [0.4, 0.5) is 5.82 Å². The van der Waals surface area contributed by atoms with Crippen molar-refractivity contribution in [2.45, 2.75) is 32.9 Å². The number of halogens is 1. The van der Waals surface area contributed by atoms with E-state index in [0.717, 1.165) is 14.9 Å². The van der Waals surface area contributed by atoms with E-state index in [1.165, 1.54) is 0 Å². The summed E-state index contributed by atoms with van der Waals surface area (Å²) in [5.74, 6) is 1.59. The van der Waals surface area contributed by atoms with Gasteiger partial charge < -0.3 is 10.5 Å². The van der Waals surface area contributed by atoms with Gasteiger partial charge in [-0.1, -0.05) is 12.1 Å². The summed E-state index contributed by atoms with van der Waals surface area (Å²) in [5.41, 5.74) is 7.16. The molecule has 1 aromatic carbocycles. The molecule has 2 N–H and O–H groups in total. The third kappa shape index (κ3) is 3.20. The van der Waals surface area contributed by atoms with Crippen LogP contribution >= 0.6 is 22.6 Å². The van der Waals surface area contributed by atoms with Gasteiger partial charge in [-0.05, 0) is 61.1 Å². The van der Waals surface area contributed by atoms with Crippen molar-refractivity contribution in [1.29, 1.82) is 0 Å². The van der Waals surface area contributed by atoms with Gasteiger partial charge in [-0.25, -0.2) is 4.68 Å². The normalized spacial score (nSPS) is 12.7. The number of aromatic nitrogens is 2. The molecule has 2 rings (SSSR count). The van der Waals surface area contributed by atoms with Crippen LogP contribution in [0.25, 0.3) is 0 Å². The molecule has 1 atom stereocenters. The minimum Gasteiger partial charge on any atom is -0.491 e. The fourth-order valence-corrected chi connectivity index (χ4v) is 2.27. The molecule has 0 aliphatic heterocycles. The highest BCUT2D eigenvalue weighted by Crippen LogP contribution is 2.25. The maximum Gasteiger partial charge on any atom is 0.135 e. The van der Waals surface area contributed by atoms with Crippen molar-refractivity contribution in [2.24, 2.45) is 0 Å². The number of ether oxygens (including phenoxy) is 1. The van der Waals surface area contributed by atoms with E-state index in [2.05, 4.69) is 46.7 Å². The summed E-state index contributed by atoms with van der Waals surface area (Å²) < 4.78 is 8.44. The van der Waals surface area contributed by atoms with Gasteiger partial charge in [0.1, 0.15) is 11.6 Å². The Labute approximate surface area is 127 Å². The average Bonchev–Trinajstić information content (AvgIpc) is 2.69. The molecule has 0 fully saturated rings. The standard InChI is InChI=1S/C14H18IN3O/c1-9(2)19-12-6-4-11(5-7-12)10(3)18-14(16)13(15)8-17-18/h4-10H,16H2,1-3H3. The molecule has 0 bridgehead atoms. The molecular weight excluding hydrogens is 353 g/mol. The Morgan fingerprint density at radius 2 is 1.84 bits per heavy atom. The van der Waals surface area contributed by atoms with Gasteiger partial charge in [0.05, 0.1) is 21.9 Å². The van der Waals surface area contributed by atoms with Gasteiger partial charge in [0.15, 0.2) is 0 Å². The average molecular weight is 371 g/mol. The second kappa shape index (κ2) is 5.81. The highest BCUT2D eigenvalue weighted by atomic mass is 127. The number of anilines is 1. The van der Waals surface area contributed by atoms with Crippen LogP contribution in [0.2, 0.25) is 0 Å². The molecule has 0 saturated heterocycles. The van der Waals surface area contributed by atoms with Crippen LogP contribution in [-0.2, 0) is 0 Å². The number of rotatable bonds is 4. The van der Waals surface area contributed by atoms with Crippen molar-refractivity contribution in [3.05, 3.63) is 39.6 Å². The fourth-order valence-electron chi connectivity index (χ4n) is 1.90. The largest absolute Gasteiger partial charge is 0.491 e. The molecule has 0 radical (unpaired) electrons. The van der Waals surface area contributed by atoms with Gasteiger partial charge in [-0.15, -0.1) is 0 Å². The van der Waals surface area contributed by atoms with Gasteiger partial charge in [-0.3, -0.25) is 0 Å². The van der Waals surface area contributed by atoms with Crippen LogP contribution < -0.4 is 10.5 Å². The summed E-state index contributed by atoms with van der Waals surface area (Å²) >= 11 is 2.19. The Balaban J connectivity index is 2.20. The first-order valence-electron chi connectivity index (χ1n) is 6.24. The van der Waals surface area contributed by atoms with Gasteiger partial charge in [0, 0.05) is 0 Å². The molecule has 102 valence electrons. The molecule has 1 heterocycles. The Kier molecular flexibility index (Phi) is 4.34. The lowest BCUT2D eigenvalue weighted by molar-refractivity contribution is 0.242. The first-order chi connectivity index (χ1) is 8.99. The minimum atomic E-state index is 0.108. The second-order valence-corrected chi connectivity index (χ2v) is 5.90. The zero-order chi connectivity index (χ0) is 14.0. The van der Waals surface area contributed by atoms with Crippen LogP contribution in [-0.4, -0.2) is 15.9 Å². The topological polar surface area (TPSA) is 53.1 Å². The van der Waals surface area contributed by atoms with Crippen molar-refractivity contribution < 1.29 is 4.74 Å². The summed E-state index contributed by atoms with van der Waals surface area (Å²) in [6.07, 6.45) is 1.97. The van der Waals surface area contributed by atoms with Gasteiger partial charge >= 0.3 is 0 Å². The number of nitrogens with two attached hydrogens (primary N) is 1. The van der Waals surface area contributed by atoms with Gasteiger partial charge in [-0.2, -0.15) is 5.10 Å². The molecule has 5 heteroatoms. The Hall–Kier alpha value is -1.24. The maximum atomic E-state index is 6.00. The van der Waals surface area contributed by atoms with E-state index in [9.17, 15) is 0 Å². The third-order valence-electron chi connectivity index (χ3n) is 2.89. The predicted octanol–water partition coefficient (Wildman–Crippen LogP) is 3.47. The Morgan fingerprint density at radius 1 is 1.21 bits per heavy atom. The fraction of sp³-hybridized carbons (Fsp3) is 0.357. The third-order valence-corrected chi connectivity index (χ3v) is 3.72. The number of nitrogen functional groups attached to an aromatic ring is 1. The van der Waals surface area contributed by atoms with E-state index in [1.807, 2.05) is 30.7 Å². The van der Waals surface area contributed by atoms with E-state index >= 15 is 0 Å². The summed E-state index contributed by atoms with van der Waals surface area (Å²) in [5, 5.41) is 4.32. The Morgan fingerprint density at radius 3 is 2.32 bits per heavy atom. The number of benzene rings is 1. The van der Waals surface area contributed by atoms with Gasteiger partial charge in [0.25, 0.3) is 0 Å².